The molecule has 10 heteroatoms. The van der Waals surface area contributed by atoms with Crippen LogP contribution in [0.4, 0.5) is 5.69 Å². The Balaban J connectivity index is 1.37. The molecular weight excluding hydrogens is 442 g/mol. The van der Waals surface area contributed by atoms with Gasteiger partial charge in [-0.2, -0.15) is 5.10 Å². The lowest BCUT2D eigenvalue weighted by Gasteiger charge is -2.16. The third-order valence-electron chi connectivity index (χ3n) is 5.54. The van der Waals surface area contributed by atoms with Gasteiger partial charge in [-0.1, -0.05) is 29.8 Å². The number of aromatic nitrogens is 2. The molecule has 164 valence electrons. The molecule has 1 amide bonds. The number of carbonyl (C=O) groups is 2. The Morgan fingerprint density at radius 1 is 1.32 bits per heavy atom. The number of hydrogen-bond donors (Lipinski definition) is 0. The van der Waals surface area contributed by atoms with Crippen LogP contribution in [-0.2, 0) is 30.6 Å². The van der Waals surface area contributed by atoms with Crippen molar-refractivity contribution in [3.8, 4) is 0 Å². The number of esters is 1. The molecule has 1 unspecified atom stereocenters. The maximum atomic E-state index is 12.4. The van der Waals surface area contributed by atoms with Gasteiger partial charge < -0.3 is 9.64 Å². The summed E-state index contributed by atoms with van der Waals surface area (Å²) in [6.45, 7) is 1.94. The Morgan fingerprint density at radius 2 is 2.10 bits per heavy atom. The van der Waals surface area contributed by atoms with Gasteiger partial charge in [0.25, 0.3) is 5.91 Å². The first-order valence-corrected chi connectivity index (χ1v) is 12.1. The summed E-state index contributed by atoms with van der Waals surface area (Å²) >= 11 is 6.39. The van der Waals surface area contributed by atoms with E-state index in [2.05, 4.69) is 5.10 Å². The van der Waals surface area contributed by atoms with Crippen LogP contribution in [0.2, 0.25) is 5.15 Å². The smallest absolute Gasteiger partial charge is 0.331 e. The summed E-state index contributed by atoms with van der Waals surface area (Å²) in [6, 6.07) is 7.33. The molecule has 2 aliphatic rings. The minimum absolute atomic E-state index is 0.000770. The summed E-state index contributed by atoms with van der Waals surface area (Å²) in [6.07, 6.45) is 3.90. The van der Waals surface area contributed by atoms with Crippen molar-refractivity contribution in [2.24, 2.45) is 0 Å². The van der Waals surface area contributed by atoms with Gasteiger partial charge in [-0.3, -0.25) is 4.79 Å². The highest BCUT2D eigenvalue weighted by Gasteiger charge is 2.32. The van der Waals surface area contributed by atoms with Gasteiger partial charge in [0, 0.05) is 23.9 Å². The van der Waals surface area contributed by atoms with Crippen molar-refractivity contribution < 1.29 is 22.7 Å². The zero-order valence-corrected chi connectivity index (χ0v) is 18.5. The molecule has 1 atom stereocenters. The number of sulfone groups is 1. The van der Waals surface area contributed by atoms with Gasteiger partial charge in [0.1, 0.15) is 5.15 Å². The van der Waals surface area contributed by atoms with Crippen molar-refractivity contribution in [1.29, 1.82) is 0 Å². The number of hydrogen-bond acceptors (Lipinski definition) is 6. The monoisotopic (exact) mass is 463 g/mol. The minimum Gasteiger partial charge on any atom is -0.452 e. The normalized spacial score (nSPS) is 19.7. The zero-order chi connectivity index (χ0) is 22.2. The number of amides is 1. The van der Waals surface area contributed by atoms with Gasteiger partial charge in [-0.25, -0.2) is 17.9 Å². The van der Waals surface area contributed by atoms with E-state index < -0.39 is 15.8 Å². The van der Waals surface area contributed by atoms with Gasteiger partial charge in [-0.05, 0) is 37.5 Å². The molecule has 1 aromatic carbocycles. The highest BCUT2D eigenvalue weighted by molar-refractivity contribution is 7.91. The van der Waals surface area contributed by atoms with Crippen LogP contribution in [-0.4, -0.2) is 54.7 Å². The topological polar surface area (TPSA) is 98.6 Å². The number of halogens is 1. The van der Waals surface area contributed by atoms with Crippen LogP contribution < -0.4 is 4.90 Å². The number of para-hydroxylation sites is 1. The molecule has 2 aliphatic heterocycles. The Kier molecular flexibility index (Phi) is 5.90. The van der Waals surface area contributed by atoms with Crippen molar-refractivity contribution in [2.75, 3.05) is 29.6 Å². The predicted molar refractivity (Wildman–Crippen MR) is 117 cm³/mol. The van der Waals surface area contributed by atoms with Crippen LogP contribution in [0.3, 0.4) is 0 Å². The number of ether oxygens (including phenoxy) is 1. The molecule has 0 N–H and O–H groups in total. The van der Waals surface area contributed by atoms with Crippen LogP contribution in [0.25, 0.3) is 6.08 Å². The number of rotatable bonds is 5. The number of anilines is 1. The lowest BCUT2D eigenvalue weighted by Crippen LogP contribution is -2.33. The second-order valence-corrected chi connectivity index (χ2v) is 10.2. The van der Waals surface area contributed by atoms with Crippen molar-refractivity contribution >= 4 is 45.1 Å². The summed E-state index contributed by atoms with van der Waals surface area (Å²) in [5, 5.41) is 4.61. The lowest BCUT2D eigenvalue weighted by atomic mass is 10.2. The van der Waals surface area contributed by atoms with E-state index in [-0.39, 0.29) is 35.2 Å². The molecule has 2 aromatic rings. The molecule has 0 radical (unpaired) electrons. The molecule has 0 bridgehead atoms. The molecule has 0 saturated carbocycles. The van der Waals surface area contributed by atoms with Crippen LogP contribution >= 0.6 is 11.6 Å². The fourth-order valence-corrected chi connectivity index (χ4v) is 6.01. The van der Waals surface area contributed by atoms with Crippen LogP contribution in [0, 0.1) is 6.92 Å². The van der Waals surface area contributed by atoms with Gasteiger partial charge in [-0.15, -0.1) is 0 Å². The third-order valence-corrected chi connectivity index (χ3v) is 7.66. The number of benzene rings is 1. The average molecular weight is 464 g/mol. The number of fused-ring (bicyclic) bond motifs is 1. The van der Waals surface area contributed by atoms with E-state index >= 15 is 0 Å². The maximum Gasteiger partial charge on any atom is 0.331 e. The lowest BCUT2D eigenvalue weighted by molar-refractivity contribution is -0.142. The highest BCUT2D eigenvalue weighted by Crippen LogP contribution is 2.30. The van der Waals surface area contributed by atoms with Crippen molar-refractivity contribution in [2.45, 2.75) is 25.8 Å². The van der Waals surface area contributed by atoms with Crippen LogP contribution in [0.1, 0.15) is 29.3 Å². The Morgan fingerprint density at radius 3 is 2.84 bits per heavy atom. The average Bonchev–Trinajstić information content (AvgIpc) is 3.40. The SMILES string of the molecule is Cc1nn(C2CCS(=O)(=O)C2)c(Cl)c1C=CC(=O)OCC(=O)N1CCc2ccccc21. The van der Waals surface area contributed by atoms with Gasteiger partial charge in [0.2, 0.25) is 0 Å². The molecule has 8 nitrogen and oxygen atoms in total. The Hall–Kier alpha value is -2.65. The second kappa shape index (κ2) is 8.47. The number of carbonyl (C=O) groups excluding carboxylic acids is 2. The number of nitrogens with zero attached hydrogens (tertiary/aromatic N) is 3. The molecule has 31 heavy (non-hydrogen) atoms. The summed E-state index contributed by atoms with van der Waals surface area (Å²) in [5.74, 6) is -0.843. The van der Waals surface area contributed by atoms with Crippen LogP contribution in [0.5, 0.6) is 0 Å². The first-order chi connectivity index (χ1) is 14.7. The molecule has 1 fully saturated rings. The molecular formula is C21H22ClN3O5S. The fraction of sp³-hybridized carbons (Fsp3) is 0.381. The van der Waals surface area contributed by atoms with E-state index in [0.29, 0.717) is 24.2 Å². The van der Waals surface area contributed by atoms with Crippen LogP contribution in [0.15, 0.2) is 30.3 Å². The van der Waals surface area contributed by atoms with Gasteiger partial charge >= 0.3 is 5.97 Å². The highest BCUT2D eigenvalue weighted by atomic mass is 35.5. The van der Waals surface area contributed by atoms with E-state index in [0.717, 1.165) is 17.7 Å². The third kappa shape index (κ3) is 4.52. The minimum atomic E-state index is -3.08. The van der Waals surface area contributed by atoms with Crippen molar-refractivity contribution in [1.82, 2.24) is 9.78 Å². The fourth-order valence-electron chi connectivity index (χ4n) is 3.94. The summed E-state index contributed by atoms with van der Waals surface area (Å²) < 4.78 is 30.1. The Bertz CT molecular complexity index is 1170. The standard InChI is InChI=1S/C21H22ClN3O5S/c1-14-17(21(22)25(23-14)16-9-11-31(28,29)13-16)6-7-20(27)30-12-19(26)24-10-8-15-4-2-3-5-18(15)24/h2-7,16H,8-13H2,1H3. The largest absolute Gasteiger partial charge is 0.452 e. The molecule has 1 aromatic heterocycles. The quantitative estimate of drug-likeness (QED) is 0.498. The maximum absolute atomic E-state index is 12.4. The second-order valence-electron chi connectivity index (χ2n) is 7.66. The first kappa shape index (κ1) is 21.6. The van der Waals surface area contributed by atoms with E-state index in [1.54, 1.807) is 11.8 Å². The molecule has 4 rings (SSSR count). The molecule has 0 aliphatic carbocycles. The molecule has 0 spiro atoms. The summed E-state index contributed by atoms with van der Waals surface area (Å²) in [5.41, 5.74) is 3.04. The van der Waals surface area contributed by atoms with E-state index in [1.807, 2.05) is 24.3 Å². The van der Waals surface area contributed by atoms with E-state index in [4.69, 9.17) is 16.3 Å². The first-order valence-electron chi connectivity index (χ1n) is 9.93. The van der Waals surface area contributed by atoms with E-state index in [1.165, 1.54) is 16.8 Å². The Labute approximate surface area is 185 Å². The summed E-state index contributed by atoms with van der Waals surface area (Å²) in [7, 11) is -3.08. The molecule has 1 saturated heterocycles. The molecule has 3 heterocycles. The van der Waals surface area contributed by atoms with Crippen molar-refractivity contribution in [3.05, 3.63) is 52.3 Å². The van der Waals surface area contributed by atoms with Crippen molar-refractivity contribution in [3.63, 3.8) is 0 Å². The van der Waals surface area contributed by atoms with E-state index in [9.17, 15) is 18.0 Å². The zero-order valence-electron chi connectivity index (χ0n) is 17.0. The number of aryl methyl sites for hydroxylation is 1. The predicted octanol–water partition coefficient (Wildman–Crippen LogP) is 2.35. The van der Waals surface area contributed by atoms with Gasteiger partial charge in [0.05, 0.1) is 23.2 Å². The van der Waals surface area contributed by atoms with Gasteiger partial charge in [0.15, 0.2) is 16.4 Å². The summed E-state index contributed by atoms with van der Waals surface area (Å²) in [4.78, 5) is 26.2.